The first-order valence-corrected chi connectivity index (χ1v) is 10.7. The Kier molecular flexibility index (Phi) is 5.14. The fourth-order valence-corrected chi connectivity index (χ4v) is 4.79. The van der Waals surface area contributed by atoms with E-state index in [1.165, 1.54) is 0 Å². The normalized spacial score (nSPS) is 23.7. The molecule has 2 aliphatic heterocycles. The van der Waals surface area contributed by atoms with Gasteiger partial charge in [0.05, 0.1) is 23.5 Å². The summed E-state index contributed by atoms with van der Waals surface area (Å²) in [5.74, 6) is 0.200. The maximum absolute atomic E-state index is 10.6. The molecule has 3 atom stereocenters. The number of aromatic nitrogens is 2. The molecule has 154 valence electrons. The van der Waals surface area contributed by atoms with Crippen LogP contribution in [0, 0.1) is 0 Å². The lowest BCUT2D eigenvalue weighted by molar-refractivity contribution is 0.0961. The Bertz CT molecular complexity index is 1030. The van der Waals surface area contributed by atoms with Crippen LogP contribution in [0.2, 0.25) is 0 Å². The molecule has 5 rings (SSSR count). The summed E-state index contributed by atoms with van der Waals surface area (Å²) < 4.78 is 8.13. The molecule has 2 fully saturated rings. The Morgan fingerprint density at radius 1 is 1.13 bits per heavy atom. The molecule has 7 heteroatoms. The molecule has 0 saturated carbocycles. The Morgan fingerprint density at radius 3 is 2.77 bits per heavy atom. The van der Waals surface area contributed by atoms with E-state index in [0.717, 1.165) is 37.4 Å². The number of thiocarbonyl (C=S) groups is 1. The minimum Gasteiger partial charge on any atom is -0.506 e. The van der Waals surface area contributed by atoms with Gasteiger partial charge < -0.3 is 24.6 Å². The van der Waals surface area contributed by atoms with Crippen LogP contribution in [-0.4, -0.2) is 32.5 Å². The number of aromatic hydroxyl groups is 1. The van der Waals surface area contributed by atoms with Crippen LogP contribution >= 0.6 is 12.2 Å². The maximum atomic E-state index is 10.6. The summed E-state index contributed by atoms with van der Waals surface area (Å²) in [6, 6.07) is 17.1. The van der Waals surface area contributed by atoms with Crippen molar-refractivity contribution in [2.75, 3.05) is 11.5 Å². The third-order valence-electron chi connectivity index (χ3n) is 5.83. The van der Waals surface area contributed by atoms with Crippen molar-refractivity contribution in [2.45, 2.75) is 37.6 Å². The van der Waals surface area contributed by atoms with Crippen molar-refractivity contribution >= 4 is 23.0 Å². The molecule has 30 heavy (non-hydrogen) atoms. The van der Waals surface area contributed by atoms with Crippen molar-refractivity contribution in [1.82, 2.24) is 14.9 Å². The smallest absolute Gasteiger partial charge is 0.174 e. The van der Waals surface area contributed by atoms with Gasteiger partial charge >= 0.3 is 0 Å². The maximum Gasteiger partial charge on any atom is 0.174 e. The van der Waals surface area contributed by atoms with E-state index in [1.807, 2.05) is 41.3 Å². The molecule has 2 saturated heterocycles. The Hall–Kier alpha value is -2.90. The van der Waals surface area contributed by atoms with Gasteiger partial charge in [-0.15, -0.1) is 0 Å². The summed E-state index contributed by atoms with van der Waals surface area (Å²) in [7, 11) is 0. The zero-order valence-electron chi connectivity index (χ0n) is 16.5. The van der Waals surface area contributed by atoms with Gasteiger partial charge in [0.15, 0.2) is 5.11 Å². The SMILES string of the molecule is Oc1ccccc1N1C(=S)N[C@H](c2ccccn2)[C@H]1c1cccn1C[C@@H]1CCCO1. The van der Waals surface area contributed by atoms with Gasteiger partial charge in [-0.25, -0.2) is 0 Å². The highest BCUT2D eigenvalue weighted by molar-refractivity contribution is 7.80. The molecule has 4 heterocycles. The molecule has 6 nitrogen and oxygen atoms in total. The predicted octanol–water partition coefficient (Wildman–Crippen LogP) is 3.94. The number of hydrogen-bond acceptors (Lipinski definition) is 4. The molecular weight excluding hydrogens is 396 g/mol. The van der Waals surface area contributed by atoms with Crippen molar-refractivity contribution in [3.63, 3.8) is 0 Å². The van der Waals surface area contributed by atoms with E-state index in [9.17, 15) is 5.11 Å². The minimum absolute atomic E-state index is 0.142. The number of nitrogens with zero attached hydrogens (tertiary/aromatic N) is 3. The number of phenolic OH excluding ortho intramolecular Hbond substituents is 1. The molecule has 2 aromatic heterocycles. The standard InChI is InChI=1S/C23H24N4O2S/c28-20-11-2-1-9-18(20)27-22(21(25-23(27)30)17-8-3-4-12-24-17)19-10-5-13-26(19)15-16-7-6-14-29-16/h1-5,8-13,16,21-22,28H,6-7,14-15H2,(H,25,30)/t16-,21+,22+/m0/s1. The van der Waals surface area contributed by atoms with Crippen LogP contribution in [0.1, 0.15) is 36.3 Å². The van der Waals surface area contributed by atoms with Crippen molar-refractivity contribution in [1.29, 1.82) is 0 Å². The number of pyridine rings is 1. The lowest BCUT2D eigenvalue weighted by Gasteiger charge is -2.29. The first-order chi connectivity index (χ1) is 14.7. The number of para-hydroxylation sites is 2. The fraction of sp³-hybridized carbons (Fsp3) is 0.304. The molecule has 0 amide bonds. The van der Waals surface area contributed by atoms with Gasteiger partial charge in [-0.1, -0.05) is 18.2 Å². The molecule has 2 aliphatic rings. The highest BCUT2D eigenvalue weighted by atomic mass is 32.1. The number of benzene rings is 1. The van der Waals surface area contributed by atoms with Crippen LogP contribution < -0.4 is 10.2 Å². The summed E-state index contributed by atoms with van der Waals surface area (Å²) in [5.41, 5.74) is 2.70. The first-order valence-electron chi connectivity index (χ1n) is 10.3. The van der Waals surface area contributed by atoms with Crippen molar-refractivity contribution in [3.8, 4) is 5.75 Å². The lowest BCUT2D eigenvalue weighted by atomic mass is 10.0. The molecule has 0 unspecified atom stereocenters. The largest absolute Gasteiger partial charge is 0.506 e. The van der Waals surface area contributed by atoms with Crippen LogP contribution in [0.3, 0.4) is 0 Å². The monoisotopic (exact) mass is 420 g/mol. The fourth-order valence-electron chi connectivity index (χ4n) is 4.45. The molecule has 0 bridgehead atoms. The number of rotatable bonds is 5. The summed E-state index contributed by atoms with van der Waals surface area (Å²) in [6.45, 7) is 1.63. The number of hydrogen-bond donors (Lipinski definition) is 2. The third-order valence-corrected chi connectivity index (χ3v) is 6.15. The predicted molar refractivity (Wildman–Crippen MR) is 119 cm³/mol. The van der Waals surface area contributed by atoms with Gasteiger partial charge in [-0.2, -0.15) is 0 Å². The van der Waals surface area contributed by atoms with Crippen molar-refractivity contribution < 1.29 is 9.84 Å². The van der Waals surface area contributed by atoms with Crippen LogP contribution in [0.4, 0.5) is 5.69 Å². The van der Waals surface area contributed by atoms with Gasteiger partial charge in [-0.3, -0.25) is 4.98 Å². The molecular formula is C23H24N4O2S. The van der Waals surface area contributed by atoms with Gasteiger partial charge in [-0.05, 0) is 61.5 Å². The topological polar surface area (TPSA) is 62.5 Å². The van der Waals surface area contributed by atoms with Crippen LogP contribution in [-0.2, 0) is 11.3 Å². The van der Waals surface area contributed by atoms with E-state index >= 15 is 0 Å². The average Bonchev–Trinajstić information content (AvgIpc) is 3.50. The van der Waals surface area contributed by atoms with Gasteiger partial charge in [0.1, 0.15) is 11.8 Å². The molecule has 0 spiro atoms. The van der Waals surface area contributed by atoms with Gasteiger partial charge in [0, 0.05) is 31.2 Å². The van der Waals surface area contributed by atoms with Gasteiger partial charge in [0.25, 0.3) is 0 Å². The van der Waals surface area contributed by atoms with E-state index in [2.05, 4.69) is 33.2 Å². The average molecular weight is 421 g/mol. The molecule has 1 aromatic carbocycles. The molecule has 3 aromatic rings. The second-order valence-corrected chi connectivity index (χ2v) is 8.09. The van der Waals surface area contributed by atoms with Crippen LogP contribution in [0.15, 0.2) is 67.0 Å². The summed E-state index contributed by atoms with van der Waals surface area (Å²) in [4.78, 5) is 6.60. The Labute approximate surface area is 181 Å². The van der Waals surface area contributed by atoms with E-state index in [0.29, 0.717) is 10.8 Å². The zero-order chi connectivity index (χ0) is 20.5. The third kappa shape index (κ3) is 3.44. The number of nitrogens with one attached hydrogen (secondary N) is 1. The Balaban J connectivity index is 1.59. The summed E-state index contributed by atoms with van der Waals surface area (Å²) >= 11 is 5.74. The molecule has 0 aliphatic carbocycles. The highest BCUT2D eigenvalue weighted by Gasteiger charge is 2.43. The molecule has 2 N–H and O–H groups in total. The highest BCUT2D eigenvalue weighted by Crippen LogP contribution is 2.44. The van der Waals surface area contributed by atoms with E-state index in [4.69, 9.17) is 17.0 Å². The van der Waals surface area contributed by atoms with Crippen LogP contribution in [0.25, 0.3) is 0 Å². The first kappa shape index (κ1) is 19.1. The second-order valence-electron chi connectivity index (χ2n) is 7.71. The van der Waals surface area contributed by atoms with Crippen molar-refractivity contribution in [3.05, 3.63) is 78.4 Å². The van der Waals surface area contributed by atoms with Crippen molar-refractivity contribution in [2.24, 2.45) is 0 Å². The van der Waals surface area contributed by atoms with Gasteiger partial charge in [0.2, 0.25) is 0 Å². The second kappa shape index (κ2) is 8.08. The van der Waals surface area contributed by atoms with E-state index in [1.54, 1.807) is 12.3 Å². The zero-order valence-corrected chi connectivity index (χ0v) is 17.3. The molecule has 0 radical (unpaired) electrons. The van der Waals surface area contributed by atoms with E-state index in [-0.39, 0.29) is 23.9 Å². The lowest BCUT2D eigenvalue weighted by Crippen LogP contribution is -2.31. The van der Waals surface area contributed by atoms with E-state index < -0.39 is 0 Å². The number of ether oxygens (including phenoxy) is 1. The quantitative estimate of drug-likeness (QED) is 0.610. The number of phenols is 1. The summed E-state index contributed by atoms with van der Waals surface area (Å²) in [5, 5.41) is 14.6. The Morgan fingerprint density at radius 2 is 2.00 bits per heavy atom. The van der Waals surface area contributed by atoms with Crippen LogP contribution in [0.5, 0.6) is 5.75 Å². The number of anilines is 1. The minimum atomic E-state index is -0.155. The summed E-state index contributed by atoms with van der Waals surface area (Å²) in [6.07, 6.45) is 6.30.